The van der Waals surface area contributed by atoms with Crippen LogP contribution in [0, 0.1) is 0 Å². The van der Waals surface area contributed by atoms with Crippen LogP contribution in [-0.4, -0.2) is 30.5 Å². The summed E-state index contributed by atoms with van der Waals surface area (Å²) < 4.78 is 10.2. The third-order valence-electron chi connectivity index (χ3n) is 1.91. The second-order valence-corrected chi connectivity index (χ2v) is 3.80. The fourth-order valence-corrected chi connectivity index (χ4v) is 1.14. The maximum absolute atomic E-state index is 9.52. The highest BCUT2D eigenvalue weighted by Gasteiger charge is 2.05. The van der Waals surface area contributed by atoms with Crippen molar-refractivity contribution >= 4 is 0 Å². The Kier molecular flexibility index (Phi) is 5.39. The van der Waals surface area contributed by atoms with Gasteiger partial charge < -0.3 is 19.6 Å². The van der Waals surface area contributed by atoms with Gasteiger partial charge in [0.1, 0.15) is 0 Å². The molecule has 0 radical (unpaired) electrons. The fraction of sp³-hybridized carbons (Fsp3) is 0.636. The van der Waals surface area contributed by atoms with E-state index in [1.165, 1.54) is 0 Å². The van der Waals surface area contributed by atoms with Gasteiger partial charge in [-0.3, -0.25) is 0 Å². The van der Waals surface area contributed by atoms with Crippen LogP contribution in [0.4, 0.5) is 0 Å². The van der Waals surface area contributed by atoms with Gasteiger partial charge in [-0.25, -0.2) is 0 Å². The highest BCUT2D eigenvalue weighted by Crippen LogP contribution is 1.98. The number of rotatable bonds is 7. The lowest BCUT2D eigenvalue weighted by atomic mass is 10.3. The van der Waals surface area contributed by atoms with E-state index in [9.17, 15) is 5.11 Å². The normalized spacial score (nSPS) is 13.3. The van der Waals surface area contributed by atoms with Gasteiger partial charge in [0.25, 0.3) is 0 Å². The van der Waals surface area contributed by atoms with Crippen molar-refractivity contribution in [2.75, 3.05) is 13.2 Å². The molecule has 1 aromatic rings. The van der Waals surface area contributed by atoms with Gasteiger partial charge in [-0.1, -0.05) is 0 Å². The first-order chi connectivity index (χ1) is 7.18. The smallest absolute Gasteiger partial charge is 0.0947 e. The largest absolute Gasteiger partial charge is 0.472 e. The van der Waals surface area contributed by atoms with Gasteiger partial charge in [-0.15, -0.1) is 0 Å². The highest BCUT2D eigenvalue weighted by atomic mass is 16.5. The average Bonchev–Trinajstić information content (AvgIpc) is 2.67. The summed E-state index contributed by atoms with van der Waals surface area (Å²) in [4.78, 5) is 0. The van der Waals surface area contributed by atoms with E-state index >= 15 is 0 Å². The summed E-state index contributed by atoms with van der Waals surface area (Å²) in [6, 6.07) is 1.89. The first-order valence-electron chi connectivity index (χ1n) is 5.20. The molecule has 15 heavy (non-hydrogen) atoms. The van der Waals surface area contributed by atoms with Crippen molar-refractivity contribution in [3.05, 3.63) is 24.2 Å². The quantitative estimate of drug-likeness (QED) is 0.713. The third kappa shape index (κ3) is 5.57. The zero-order chi connectivity index (χ0) is 11.1. The number of hydrogen-bond donors (Lipinski definition) is 2. The van der Waals surface area contributed by atoms with Crippen LogP contribution in [0.5, 0.6) is 0 Å². The Morgan fingerprint density at radius 3 is 2.93 bits per heavy atom. The maximum atomic E-state index is 9.52. The number of hydrogen-bond acceptors (Lipinski definition) is 4. The molecule has 1 atom stereocenters. The monoisotopic (exact) mass is 213 g/mol. The number of ether oxygens (including phenoxy) is 1. The molecule has 0 amide bonds. The molecule has 0 aliphatic heterocycles. The van der Waals surface area contributed by atoms with Gasteiger partial charge in [-0.2, -0.15) is 0 Å². The lowest BCUT2D eigenvalue weighted by Gasteiger charge is -2.13. The Balaban J connectivity index is 2.04. The van der Waals surface area contributed by atoms with E-state index in [4.69, 9.17) is 9.15 Å². The summed E-state index contributed by atoms with van der Waals surface area (Å²) in [7, 11) is 0. The van der Waals surface area contributed by atoms with Gasteiger partial charge in [-0.05, 0) is 19.9 Å². The molecule has 0 saturated heterocycles. The standard InChI is InChI=1S/C11H19NO3/c1-9(2)15-8-11(13)6-12-5-10-3-4-14-7-10/h3-4,7,9,11-13H,5-6,8H2,1-2H3. The van der Waals surface area contributed by atoms with Crippen molar-refractivity contribution < 1.29 is 14.3 Å². The number of furan rings is 1. The first-order valence-corrected chi connectivity index (χ1v) is 5.20. The Morgan fingerprint density at radius 2 is 2.33 bits per heavy atom. The summed E-state index contributed by atoms with van der Waals surface area (Å²) >= 11 is 0. The molecule has 4 nitrogen and oxygen atoms in total. The van der Waals surface area contributed by atoms with Crippen LogP contribution in [0.15, 0.2) is 23.0 Å². The topological polar surface area (TPSA) is 54.6 Å². The molecule has 86 valence electrons. The fourth-order valence-electron chi connectivity index (χ4n) is 1.14. The molecular weight excluding hydrogens is 194 g/mol. The second-order valence-electron chi connectivity index (χ2n) is 3.80. The first kappa shape index (κ1) is 12.2. The number of nitrogens with one attached hydrogen (secondary N) is 1. The van der Waals surface area contributed by atoms with E-state index < -0.39 is 6.10 Å². The molecule has 0 aliphatic carbocycles. The highest BCUT2D eigenvalue weighted by molar-refractivity contribution is 5.04. The average molecular weight is 213 g/mol. The van der Waals surface area contributed by atoms with Crippen molar-refractivity contribution in [1.82, 2.24) is 5.32 Å². The van der Waals surface area contributed by atoms with Crippen LogP contribution in [0.3, 0.4) is 0 Å². The van der Waals surface area contributed by atoms with Crippen LogP contribution in [0.25, 0.3) is 0 Å². The molecule has 0 aliphatic rings. The summed E-state index contributed by atoms with van der Waals surface area (Å²) in [5.74, 6) is 0. The molecule has 0 saturated carbocycles. The summed E-state index contributed by atoms with van der Waals surface area (Å²) in [6.45, 7) is 5.50. The number of aliphatic hydroxyl groups is 1. The van der Waals surface area contributed by atoms with Crippen LogP contribution in [0.1, 0.15) is 19.4 Å². The predicted molar refractivity (Wildman–Crippen MR) is 57.5 cm³/mol. The van der Waals surface area contributed by atoms with Crippen molar-refractivity contribution in [2.24, 2.45) is 0 Å². The van der Waals surface area contributed by atoms with Crippen LogP contribution in [-0.2, 0) is 11.3 Å². The lowest BCUT2D eigenvalue weighted by molar-refractivity contribution is 0.00630. The Hall–Kier alpha value is -0.840. The Morgan fingerprint density at radius 1 is 1.53 bits per heavy atom. The summed E-state index contributed by atoms with van der Waals surface area (Å²) in [5, 5.41) is 12.6. The molecule has 0 bridgehead atoms. The van der Waals surface area contributed by atoms with E-state index in [0.29, 0.717) is 19.7 Å². The molecular formula is C11H19NO3. The van der Waals surface area contributed by atoms with E-state index in [-0.39, 0.29) is 6.10 Å². The van der Waals surface area contributed by atoms with Gasteiger partial charge in [0.05, 0.1) is 31.3 Å². The van der Waals surface area contributed by atoms with Gasteiger partial charge in [0.2, 0.25) is 0 Å². The predicted octanol–water partition coefficient (Wildman–Crippen LogP) is 1.16. The minimum atomic E-state index is -0.459. The van der Waals surface area contributed by atoms with Crippen molar-refractivity contribution in [3.8, 4) is 0 Å². The van der Waals surface area contributed by atoms with E-state index in [2.05, 4.69) is 5.32 Å². The van der Waals surface area contributed by atoms with Crippen molar-refractivity contribution in [3.63, 3.8) is 0 Å². The molecule has 0 aromatic carbocycles. The zero-order valence-corrected chi connectivity index (χ0v) is 9.27. The second kappa shape index (κ2) is 6.61. The SMILES string of the molecule is CC(C)OCC(O)CNCc1ccoc1. The minimum absolute atomic E-state index is 0.161. The van der Waals surface area contributed by atoms with E-state index in [0.717, 1.165) is 5.56 Å². The van der Waals surface area contributed by atoms with E-state index in [1.54, 1.807) is 12.5 Å². The molecule has 1 aromatic heterocycles. The van der Waals surface area contributed by atoms with Crippen molar-refractivity contribution in [1.29, 1.82) is 0 Å². The molecule has 4 heteroatoms. The minimum Gasteiger partial charge on any atom is -0.472 e. The van der Waals surface area contributed by atoms with Crippen LogP contribution < -0.4 is 5.32 Å². The van der Waals surface area contributed by atoms with Gasteiger partial charge >= 0.3 is 0 Å². The molecule has 0 spiro atoms. The molecule has 1 heterocycles. The van der Waals surface area contributed by atoms with Gasteiger partial charge in [0, 0.05) is 18.7 Å². The molecule has 1 rings (SSSR count). The Labute approximate surface area is 90.2 Å². The van der Waals surface area contributed by atoms with Crippen molar-refractivity contribution in [2.45, 2.75) is 32.6 Å². The third-order valence-corrected chi connectivity index (χ3v) is 1.91. The van der Waals surface area contributed by atoms with Crippen LogP contribution in [0.2, 0.25) is 0 Å². The zero-order valence-electron chi connectivity index (χ0n) is 9.27. The van der Waals surface area contributed by atoms with E-state index in [1.807, 2.05) is 19.9 Å². The molecule has 1 unspecified atom stereocenters. The molecule has 2 N–H and O–H groups in total. The maximum Gasteiger partial charge on any atom is 0.0947 e. The number of aliphatic hydroxyl groups excluding tert-OH is 1. The summed E-state index contributed by atoms with van der Waals surface area (Å²) in [6.07, 6.45) is 3.02. The van der Waals surface area contributed by atoms with Gasteiger partial charge in [0.15, 0.2) is 0 Å². The van der Waals surface area contributed by atoms with Crippen LogP contribution >= 0.6 is 0 Å². The Bertz CT molecular complexity index is 246. The lowest BCUT2D eigenvalue weighted by Crippen LogP contribution is -2.30. The summed E-state index contributed by atoms with van der Waals surface area (Å²) in [5.41, 5.74) is 1.08. The molecule has 0 fully saturated rings.